The summed E-state index contributed by atoms with van der Waals surface area (Å²) in [6.45, 7) is 5.63. The van der Waals surface area contributed by atoms with E-state index in [9.17, 15) is 9.90 Å². The van der Waals surface area contributed by atoms with E-state index in [-0.39, 0.29) is 12.0 Å². The zero-order valence-corrected chi connectivity index (χ0v) is 20.1. The molecule has 0 spiro atoms. The highest BCUT2D eigenvalue weighted by atomic mass is 16.5. The molecule has 3 unspecified atom stereocenters. The van der Waals surface area contributed by atoms with Crippen molar-refractivity contribution in [2.24, 2.45) is 0 Å². The average molecular weight is 449 g/mol. The van der Waals surface area contributed by atoms with Gasteiger partial charge in [-0.25, -0.2) is 0 Å². The van der Waals surface area contributed by atoms with Crippen LogP contribution < -0.4 is 9.64 Å². The Morgan fingerprint density at radius 1 is 1.09 bits per heavy atom. The van der Waals surface area contributed by atoms with Crippen LogP contribution in [0.4, 0.5) is 5.69 Å². The monoisotopic (exact) mass is 448 g/mol. The van der Waals surface area contributed by atoms with Gasteiger partial charge in [0.15, 0.2) is 6.10 Å². The molecule has 2 aliphatic heterocycles. The van der Waals surface area contributed by atoms with Crippen molar-refractivity contribution in [3.63, 3.8) is 0 Å². The third-order valence-electron chi connectivity index (χ3n) is 6.50. The number of nitrogens with zero attached hydrogens (tertiary/aromatic N) is 4. The molecule has 180 valence electrons. The van der Waals surface area contributed by atoms with Crippen molar-refractivity contribution >= 4 is 11.6 Å². The number of hydrogen-bond donors (Lipinski definition) is 1. The van der Waals surface area contributed by atoms with Crippen LogP contribution in [-0.4, -0.2) is 118 Å². The van der Waals surface area contributed by atoms with Crippen molar-refractivity contribution in [3.05, 3.63) is 24.3 Å². The number of carbonyl (C=O) groups is 1. The first-order valence-corrected chi connectivity index (χ1v) is 11.7. The molecule has 32 heavy (non-hydrogen) atoms. The van der Waals surface area contributed by atoms with Gasteiger partial charge in [-0.2, -0.15) is 0 Å². The summed E-state index contributed by atoms with van der Waals surface area (Å²) in [6, 6.07) is 7.96. The van der Waals surface area contributed by atoms with Crippen LogP contribution >= 0.6 is 0 Å². The smallest absolute Gasteiger partial charge is 0.254 e. The van der Waals surface area contributed by atoms with Gasteiger partial charge in [-0.3, -0.25) is 4.79 Å². The Labute approximate surface area is 192 Å². The normalized spacial score (nSPS) is 24.3. The number of hydrogen-bond acceptors (Lipinski definition) is 7. The molecule has 1 aromatic rings. The van der Waals surface area contributed by atoms with E-state index in [2.05, 4.69) is 35.8 Å². The molecule has 0 saturated carbocycles. The molecule has 2 aliphatic rings. The molecule has 1 aromatic carbocycles. The van der Waals surface area contributed by atoms with Crippen molar-refractivity contribution in [1.82, 2.24) is 14.7 Å². The lowest BCUT2D eigenvalue weighted by molar-refractivity contribution is -0.168. The molecule has 8 heteroatoms. The minimum atomic E-state index is -0.751. The lowest BCUT2D eigenvalue weighted by Gasteiger charge is -2.40. The van der Waals surface area contributed by atoms with Crippen LogP contribution in [0, 0.1) is 0 Å². The summed E-state index contributed by atoms with van der Waals surface area (Å²) in [5.74, 6) is 0.763. The third kappa shape index (κ3) is 6.57. The van der Waals surface area contributed by atoms with Crippen LogP contribution in [-0.2, 0) is 9.53 Å². The van der Waals surface area contributed by atoms with E-state index < -0.39 is 12.2 Å². The first-order chi connectivity index (χ1) is 15.4. The van der Waals surface area contributed by atoms with Crippen molar-refractivity contribution in [2.45, 2.75) is 37.6 Å². The van der Waals surface area contributed by atoms with Gasteiger partial charge < -0.3 is 34.2 Å². The Morgan fingerprint density at radius 2 is 1.81 bits per heavy atom. The molecule has 1 N–H and O–H groups in total. The Bertz CT molecular complexity index is 724. The average Bonchev–Trinajstić information content (AvgIpc) is 2.81. The molecule has 0 aliphatic carbocycles. The van der Waals surface area contributed by atoms with Crippen molar-refractivity contribution < 1.29 is 19.4 Å². The Kier molecular flexibility index (Phi) is 9.16. The molecular formula is C24H40N4O4. The summed E-state index contributed by atoms with van der Waals surface area (Å²) in [7, 11) is 7.94. The van der Waals surface area contributed by atoms with E-state index in [4.69, 9.17) is 9.47 Å². The van der Waals surface area contributed by atoms with Crippen LogP contribution in [0.25, 0.3) is 0 Å². The molecule has 3 rings (SSSR count). The quantitative estimate of drug-likeness (QED) is 0.608. The van der Waals surface area contributed by atoms with E-state index in [1.165, 1.54) is 0 Å². The predicted molar refractivity (Wildman–Crippen MR) is 126 cm³/mol. The summed E-state index contributed by atoms with van der Waals surface area (Å²) >= 11 is 0. The molecule has 2 fully saturated rings. The summed E-state index contributed by atoms with van der Waals surface area (Å²) in [6.07, 6.45) is 0.833. The first-order valence-electron chi connectivity index (χ1n) is 11.7. The number of aliphatic hydroxyl groups is 1. The molecule has 2 heterocycles. The number of anilines is 1. The second-order valence-electron chi connectivity index (χ2n) is 9.20. The Morgan fingerprint density at radius 3 is 2.50 bits per heavy atom. The number of aliphatic hydroxyl groups excluding tert-OH is 1. The standard InChI is InChI=1S/C24H40N4O4/c1-25(2)13-14-26(3)12-11-19-9-10-21(29)23(32-19)24(30)28-17-15-27(16-18-28)20-7-5-6-8-22(20)31-4/h5-8,19,21,23,29H,9-18H2,1-4H3. The second-order valence-corrected chi connectivity index (χ2v) is 9.20. The number of carbonyl (C=O) groups excluding carboxylic acids is 1. The van der Waals surface area contributed by atoms with Gasteiger partial charge in [0, 0.05) is 45.8 Å². The number of ether oxygens (including phenoxy) is 2. The van der Waals surface area contributed by atoms with Gasteiger partial charge in [-0.05, 0) is 52.5 Å². The number of likely N-dealkylation sites (N-methyl/N-ethyl adjacent to an activating group) is 2. The van der Waals surface area contributed by atoms with Crippen LogP contribution in [0.1, 0.15) is 19.3 Å². The number of methoxy groups -OCH3 is 1. The van der Waals surface area contributed by atoms with Crippen molar-refractivity contribution in [3.8, 4) is 5.75 Å². The van der Waals surface area contributed by atoms with Crippen LogP contribution in [0.3, 0.4) is 0 Å². The zero-order valence-electron chi connectivity index (χ0n) is 20.1. The number of benzene rings is 1. The topological polar surface area (TPSA) is 68.7 Å². The highest BCUT2D eigenvalue weighted by Gasteiger charge is 2.38. The van der Waals surface area contributed by atoms with Gasteiger partial charge in [0.1, 0.15) is 5.75 Å². The lowest BCUT2D eigenvalue weighted by atomic mass is 9.98. The largest absolute Gasteiger partial charge is 0.495 e. The first kappa shape index (κ1) is 24.8. The zero-order chi connectivity index (χ0) is 23.1. The van der Waals surface area contributed by atoms with Gasteiger partial charge in [0.05, 0.1) is 25.0 Å². The molecule has 3 atom stereocenters. The van der Waals surface area contributed by atoms with E-state index in [1.54, 1.807) is 7.11 Å². The highest BCUT2D eigenvalue weighted by molar-refractivity contribution is 5.82. The fraction of sp³-hybridized carbons (Fsp3) is 0.708. The van der Waals surface area contributed by atoms with Gasteiger partial charge in [0.2, 0.25) is 0 Å². The molecule has 2 saturated heterocycles. The Hall–Kier alpha value is -1.87. The lowest BCUT2D eigenvalue weighted by Crippen LogP contribution is -2.56. The van der Waals surface area contributed by atoms with Crippen molar-refractivity contribution in [2.75, 3.05) is 79.0 Å². The SMILES string of the molecule is COc1ccccc1N1CCN(C(=O)C2OC(CCN(C)CCN(C)C)CCC2O)CC1. The van der Waals surface area contributed by atoms with Gasteiger partial charge >= 0.3 is 0 Å². The minimum absolute atomic E-state index is 0.0176. The minimum Gasteiger partial charge on any atom is -0.495 e. The number of para-hydroxylation sites is 2. The fourth-order valence-electron chi connectivity index (χ4n) is 4.39. The van der Waals surface area contributed by atoms with Gasteiger partial charge in [-0.15, -0.1) is 0 Å². The molecular weight excluding hydrogens is 408 g/mol. The summed E-state index contributed by atoms with van der Waals surface area (Å²) < 4.78 is 11.6. The van der Waals surface area contributed by atoms with E-state index >= 15 is 0 Å². The molecule has 8 nitrogen and oxygen atoms in total. The summed E-state index contributed by atoms with van der Waals surface area (Å²) in [5.41, 5.74) is 1.05. The van der Waals surface area contributed by atoms with E-state index in [1.807, 2.05) is 29.2 Å². The molecule has 1 amide bonds. The number of piperazine rings is 1. The summed E-state index contributed by atoms with van der Waals surface area (Å²) in [5, 5.41) is 10.5. The van der Waals surface area contributed by atoms with Crippen molar-refractivity contribution in [1.29, 1.82) is 0 Å². The Balaban J connectivity index is 1.49. The molecule has 0 aromatic heterocycles. The number of amides is 1. The molecule has 0 bridgehead atoms. The third-order valence-corrected chi connectivity index (χ3v) is 6.50. The van der Waals surface area contributed by atoms with E-state index in [0.29, 0.717) is 19.5 Å². The van der Waals surface area contributed by atoms with Crippen LogP contribution in [0.15, 0.2) is 24.3 Å². The number of rotatable bonds is 9. The summed E-state index contributed by atoms with van der Waals surface area (Å²) in [4.78, 5) is 21.7. The van der Waals surface area contributed by atoms with Crippen LogP contribution in [0.5, 0.6) is 5.75 Å². The highest BCUT2D eigenvalue weighted by Crippen LogP contribution is 2.29. The van der Waals surface area contributed by atoms with Gasteiger partial charge in [-0.1, -0.05) is 12.1 Å². The molecule has 0 radical (unpaired) electrons. The maximum absolute atomic E-state index is 13.2. The fourth-order valence-corrected chi connectivity index (χ4v) is 4.39. The van der Waals surface area contributed by atoms with Gasteiger partial charge in [0.25, 0.3) is 5.91 Å². The second kappa shape index (κ2) is 11.8. The van der Waals surface area contributed by atoms with E-state index in [0.717, 1.165) is 57.0 Å². The van der Waals surface area contributed by atoms with Crippen LogP contribution in [0.2, 0.25) is 0 Å². The maximum atomic E-state index is 13.2. The predicted octanol–water partition coefficient (Wildman–Crippen LogP) is 1.14. The maximum Gasteiger partial charge on any atom is 0.254 e.